The van der Waals surface area contributed by atoms with E-state index in [1.807, 2.05) is 61.2 Å². The molecule has 26 heavy (non-hydrogen) atoms. The van der Waals surface area contributed by atoms with E-state index in [-0.39, 0.29) is 11.8 Å². The zero-order valence-corrected chi connectivity index (χ0v) is 15.2. The minimum atomic E-state index is -0.180. The number of para-hydroxylation sites is 1. The summed E-state index contributed by atoms with van der Waals surface area (Å²) in [5.41, 5.74) is 5.25. The first-order valence-electron chi connectivity index (χ1n) is 9.14. The van der Waals surface area contributed by atoms with Crippen LogP contribution < -0.4 is 4.90 Å². The number of benzene rings is 2. The molecule has 0 fully saturated rings. The van der Waals surface area contributed by atoms with Gasteiger partial charge in [-0.25, -0.2) is 0 Å². The van der Waals surface area contributed by atoms with Crippen LogP contribution in [0.1, 0.15) is 30.0 Å². The fourth-order valence-electron chi connectivity index (χ4n) is 3.79. The van der Waals surface area contributed by atoms with E-state index in [4.69, 9.17) is 0 Å². The van der Waals surface area contributed by atoms with Gasteiger partial charge in [-0.2, -0.15) is 0 Å². The maximum atomic E-state index is 13.2. The summed E-state index contributed by atoms with van der Waals surface area (Å²) in [6.45, 7) is 5.17. The highest BCUT2D eigenvalue weighted by atomic mass is 16.2. The fraction of sp³-hybridized carbons (Fsp3) is 0.273. The second kappa shape index (κ2) is 6.45. The Kier molecular flexibility index (Phi) is 4.11. The minimum absolute atomic E-state index is 0.177. The van der Waals surface area contributed by atoms with E-state index < -0.39 is 0 Å². The number of aryl methyl sites for hydroxylation is 1. The van der Waals surface area contributed by atoms with Gasteiger partial charge in [-0.05, 0) is 37.0 Å². The number of hydrogen-bond acceptors (Lipinski definition) is 3. The van der Waals surface area contributed by atoms with Gasteiger partial charge in [0, 0.05) is 18.8 Å². The molecule has 0 atom stereocenters. The van der Waals surface area contributed by atoms with Gasteiger partial charge in [-0.15, -0.1) is 0 Å². The highest BCUT2D eigenvalue weighted by Gasteiger charge is 2.42. The van der Waals surface area contributed by atoms with Crippen molar-refractivity contribution in [1.82, 2.24) is 4.90 Å². The molecule has 132 valence electrons. The lowest BCUT2D eigenvalue weighted by Gasteiger charge is -2.21. The molecule has 0 aliphatic carbocycles. The number of hydrogen-bond donors (Lipinski definition) is 0. The third-order valence-electron chi connectivity index (χ3n) is 5.09. The van der Waals surface area contributed by atoms with Crippen molar-refractivity contribution >= 4 is 23.1 Å². The Morgan fingerprint density at radius 3 is 2.42 bits per heavy atom. The summed E-state index contributed by atoms with van der Waals surface area (Å²) in [6, 6.07) is 16.0. The molecule has 0 spiro atoms. The molecule has 0 aromatic heterocycles. The lowest BCUT2D eigenvalue weighted by molar-refractivity contribution is -0.136. The SMILES string of the molecule is CCCN1C(=O)C(c2ccc(C)cc2)=C(N2CCc3ccccc32)C1=O. The average molecular weight is 346 g/mol. The highest BCUT2D eigenvalue weighted by molar-refractivity contribution is 6.36. The molecule has 0 unspecified atom stereocenters. The monoisotopic (exact) mass is 346 g/mol. The standard InChI is InChI=1S/C22H22N2O2/c1-3-13-24-21(25)19(17-10-8-15(2)9-11-17)20(22(24)26)23-14-12-16-6-4-5-7-18(16)23/h4-11H,3,12-14H2,1-2H3. The lowest BCUT2D eigenvalue weighted by Crippen LogP contribution is -2.35. The molecule has 0 N–H and O–H groups in total. The number of carbonyl (C=O) groups excluding carboxylic acids is 2. The number of amides is 2. The van der Waals surface area contributed by atoms with Gasteiger partial charge in [0.25, 0.3) is 11.8 Å². The first-order chi connectivity index (χ1) is 12.6. The summed E-state index contributed by atoms with van der Waals surface area (Å²) in [4.78, 5) is 29.7. The largest absolute Gasteiger partial charge is 0.336 e. The number of carbonyl (C=O) groups is 2. The van der Waals surface area contributed by atoms with Crippen molar-refractivity contribution in [1.29, 1.82) is 0 Å². The molecule has 4 nitrogen and oxygen atoms in total. The van der Waals surface area contributed by atoms with Crippen molar-refractivity contribution in [3.8, 4) is 0 Å². The van der Waals surface area contributed by atoms with E-state index in [9.17, 15) is 9.59 Å². The van der Waals surface area contributed by atoms with Crippen LogP contribution in [0.3, 0.4) is 0 Å². The predicted molar refractivity (Wildman–Crippen MR) is 103 cm³/mol. The molecule has 0 bridgehead atoms. The van der Waals surface area contributed by atoms with Gasteiger partial charge in [0.15, 0.2) is 0 Å². The predicted octanol–water partition coefficient (Wildman–Crippen LogP) is 3.55. The van der Waals surface area contributed by atoms with Crippen LogP contribution in [0.4, 0.5) is 5.69 Å². The van der Waals surface area contributed by atoms with E-state index in [0.29, 0.717) is 17.8 Å². The van der Waals surface area contributed by atoms with Gasteiger partial charge in [-0.1, -0.05) is 55.0 Å². The third-order valence-corrected chi connectivity index (χ3v) is 5.09. The average Bonchev–Trinajstić information content (AvgIpc) is 3.17. The summed E-state index contributed by atoms with van der Waals surface area (Å²) >= 11 is 0. The van der Waals surface area contributed by atoms with Crippen LogP contribution >= 0.6 is 0 Å². The summed E-state index contributed by atoms with van der Waals surface area (Å²) < 4.78 is 0. The number of imide groups is 1. The van der Waals surface area contributed by atoms with E-state index in [0.717, 1.165) is 36.2 Å². The third kappa shape index (κ3) is 2.53. The van der Waals surface area contributed by atoms with Crippen LogP contribution in [0, 0.1) is 6.92 Å². The van der Waals surface area contributed by atoms with Gasteiger partial charge in [-0.3, -0.25) is 14.5 Å². The van der Waals surface area contributed by atoms with Gasteiger partial charge < -0.3 is 4.90 Å². The van der Waals surface area contributed by atoms with Crippen LogP contribution in [0.5, 0.6) is 0 Å². The van der Waals surface area contributed by atoms with Gasteiger partial charge in [0.05, 0.1) is 5.57 Å². The molecule has 0 saturated heterocycles. The maximum Gasteiger partial charge on any atom is 0.278 e. The van der Waals surface area contributed by atoms with Crippen LogP contribution in [0.25, 0.3) is 5.57 Å². The van der Waals surface area contributed by atoms with E-state index in [2.05, 4.69) is 6.07 Å². The number of anilines is 1. The fourth-order valence-corrected chi connectivity index (χ4v) is 3.79. The van der Waals surface area contributed by atoms with Gasteiger partial charge in [0.1, 0.15) is 5.70 Å². The molecule has 0 saturated carbocycles. The smallest absolute Gasteiger partial charge is 0.278 e. The maximum absolute atomic E-state index is 13.2. The van der Waals surface area contributed by atoms with Crippen LogP contribution in [0.15, 0.2) is 54.2 Å². The molecule has 2 amide bonds. The van der Waals surface area contributed by atoms with Crippen molar-refractivity contribution in [2.75, 3.05) is 18.0 Å². The second-order valence-corrected chi connectivity index (χ2v) is 6.88. The first-order valence-corrected chi connectivity index (χ1v) is 9.14. The summed E-state index contributed by atoms with van der Waals surface area (Å²) in [5, 5.41) is 0. The molecule has 4 rings (SSSR count). The molecule has 2 aromatic rings. The highest BCUT2D eigenvalue weighted by Crippen LogP contribution is 2.38. The Morgan fingerprint density at radius 2 is 1.69 bits per heavy atom. The quantitative estimate of drug-likeness (QED) is 0.795. The number of fused-ring (bicyclic) bond motifs is 1. The Balaban J connectivity index is 1.87. The zero-order valence-electron chi connectivity index (χ0n) is 15.2. The molecule has 2 aromatic carbocycles. The number of nitrogens with zero attached hydrogens (tertiary/aromatic N) is 2. The number of rotatable bonds is 4. The second-order valence-electron chi connectivity index (χ2n) is 6.88. The Hall–Kier alpha value is -2.88. The molecule has 4 heteroatoms. The molecular weight excluding hydrogens is 324 g/mol. The van der Waals surface area contributed by atoms with Crippen molar-refractivity contribution in [3.05, 3.63) is 70.9 Å². The normalized spacial score (nSPS) is 16.7. The lowest BCUT2D eigenvalue weighted by atomic mass is 10.0. The summed E-state index contributed by atoms with van der Waals surface area (Å²) in [5.74, 6) is -0.357. The molecular formula is C22H22N2O2. The topological polar surface area (TPSA) is 40.6 Å². The molecule has 2 heterocycles. The van der Waals surface area contributed by atoms with E-state index in [1.165, 1.54) is 10.5 Å². The van der Waals surface area contributed by atoms with Crippen LogP contribution in [-0.4, -0.2) is 29.8 Å². The molecule has 2 aliphatic rings. The van der Waals surface area contributed by atoms with Crippen LogP contribution in [-0.2, 0) is 16.0 Å². The van der Waals surface area contributed by atoms with Crippen molar-refractivity contribution in [3.63, 3.8) is 0 Å². The molecule has 0 radical (unpaired) electrons. The van der Waals surface area contributed by atoms with Crippen LogP contribution in [0.2, 0.25) is 0 Å². The van der Waals surface area contributed by atoms with Gasteiger partial charge >= 0.3 is 0 Å². The Bertz CT molecular complexity index is 912. The van der Waals surface area contributed by atoms with Crippen molar-refractivity contribution in [2.24, 2.45) is 0 Å². The minimum Gasteiger partial charge on any atom is -0.336 e. The zero-order chi connectivity index (χ0) is 18.3. The van der Waals surface area contributed by atoms with E-state index >= 15 is 0 Å². The molecule has 2 aliphatic heterocycles. The Labute approximate surface area is 153 Å². The van der Waals surface area contributed by atoms with E-state index in [1.54, 1.807) is 0 Å². The van der Waals surface area contributed by atoms with Crippen molar-refractivity contribution in [2.45, 2.75) is 26.7 Å². The summed E-state index contributed by atoms with van der Waals surface area (Å²) in [7, 11) is 0. The Morgan fingerprint density at radius 1 is 0.962 bits per heavy atom. The van der Waals surface area contributed by atoms with Gasteiger partial charge in [0.2, 0.25) is 0 Å². The summed E-state index contributed by atoms with van der Waals surface area (Å²) in [6.07, 6.45) is 1.64. The van der Waals surface area contributed by atoms with Crippen molar-refractivity contribution < 1.29 is 9.59 Å². The first kappa shape index (κ1) is 16.6.